The Morgan fingerprint density at radius 2 is 1.14 bits per heavy atom. The van der Waals surface area contributed by atoms with Crippen LogP contribution in [0.3, 0.4) is 0 Å². The van der Waals surface area contributed by atoms with Gasteiger partial charge in [0.15, 0.2) is 0 Å². The van der Waals surface area contributed by atoms with E-state index >= 15 is 0 Å². The van der Waals surface area contributed by atoms with Crippen molar-refractivity contribution < 1.29 is 4.79 Å². The number of hydrogen-bond acceptors (Lipinski definition) is 1. The highest BCUT2D eigenvalue weighted by Gasteiger charge is 1.95. The lowest BCUT2D eigenvalue weighted by atomic mass is 10.0. The molecule has 0 fully saturated rings. The summed E-state index contributed by atoms with van der Waals surface area (Å²) in [6.45, 7) is 10.6. The molecule has 0 N–H and O–H groups in total. The molecule has 0 aliphatic rings. The van der Waals surface area contributed by atoms with E-state index in [2.05, 4.69) is 45.9 Å². The molecule has 0 amide bonds. The number of allylic oxidation sites excluding steroid dienone is 8. The molecule has 0 aromatic rings. The summed E-state index contributed by atoms with van der Waals surface area (Å²) in [5, 5.41) is -0.382. The third kappa shape index (κ3) is 13.9. The summed E-state index contributed by atoms with van der Waals surface area (Å²) >= 11 is 5.32. The van der Waals surface area contributed by atoms with Gasteiger partial charge in [0.2, 0.25) is 5.24 Å². The van der Waals surface area contributed by atoms with E-state index in [1.807, 2.05) is 6.92 Å². The van der Waals surface area contributed by atoms with E-state index < -0.39 is 0 Å². The molecule has 0 atom stereocenters. The van der Waals surface area contributed by atoms with Gasteiger partial charge in [0.1, 0.15) is 0 Å². The van der Waals surface area contributed by atoms with Crippen LogP contribution in [0.15, 0.2) is 46.6 Å². The minimum Gasteiger partial charge on any atom is -0.276 e. The molecule has 0 bridgehead atoms. The van der Waals surface area contributed by atoms with E-state index in [0.29, 0.717) is 0 Å². The van der Waals surface area contributed by atoms with Gasteiger partial charge in [0.25, 0.3) is 0 Å². The Hall–Kier alpha value is -1.08. The summed E-state index contributed by atoms with van der Waals surface area (Å²) in [6.07, 6.45) is 14.8. The Morgan fingerprint density at radius 1 is 0.727 bits per heavy atom. The zero-order chi connectivity index (χ0) is 17.0. The Labute approximate surface area is 141 Å². The van der Waals surface area contributed by atoms with Gasteiger partial charge in [0.05, 0.1) is 0 Å². The SMILES string of the molecule is CC(C)=CCCC(C)=CCCC(C)=CCCC(C)=CC(=O)Cl. The van der Waals surface area contributed by atoms with Crippen LogP contribution in [0.4, 0.5) is 0 Å². The Balaban J connectivity index is 4.01. The lowest BCUT2D eigenvalue weighted by molar-refractivity contribution is -0.107. The molecule has 0 heterocycles. The van der Waals surface area contributed by atoms with Crippen molar-refractivity contribution in [2.24, 2.45) is 0 Å². The van der Waals surface area contributed by atoms with E-state index in [1.165, 1.54) is 22.8 Å². The molecule has 0 aliphatic heterocycles. The molecule has 0 spiro atoms. The Bertz CT molecular complexity index is 460. The maximum absolute atomic E-state index is 10.7. The van der Waals surface area contributed by atoms with Crippen molar-refractivity contribution in [2.45, 2.75) is 73.1 Å². The van der Waals surface area contributed by atoms with Crippen molar-refractivity contribution in [1.29, 1.82) is 0 Å². The molecule has 0 rings (SSSR count). The van der Waals surface area contributed by atoms with Crippen LogP contribution in [-0.2, 0) is 4.79 Å². The fraction of sp³-hybridized carbons (Fsp3) is 0.550. The summed E-state index contributed by atoms with van der Waals surface area (Å²) in [6, 6.07) is 0. The van der Waals surface area contributed by atoms with Crippen LogP contribution in [0.1, 0.15) is 73.1 Å². The van der Waals surface area contributed by atoms with Crippen molar-refractivity contribution in [2.75, 3.05) is 0 Å². The molecule has 0 unspecified atom stereocenters. The van der Waals surface area contributed by atoms with Gasteiger partial charge < -0.3 is 0 Å². The van der Waals surface area contributed by atoms with Gasteiger partial charge in [0, 0.05) is 0 Å². The highest BCUT2D eigenvalue weighted by Crippen LogP contribution is 2.13. The van der Waals surface area contributed by atoms with Crippen LogP contribution < -0.4 is 0 Å². The van der Waals surface area contributed by atoms with E-state index in [0.717, 1.165) is 44.1 Å². The number of hydrogen-bond donors (Lipinski definition) is 0. The summed E-state index contributed by atoms with van der Waals surface area (Å²) in [5.41, 5.74) is 5.33. The van der Waals surface area contributed by atoms with Crippen molar-refractivity contribution in [3.05, 3.63) is 46.6 Å². The number of carbonyl (C=O) groups excluding carboxylic acids is 1. The Kier molecular flexibility index (Phi) is 11.9. The first kappa shape index (κ1) is 20.9. The smallest absolute Gasteiger partial charge is 0.245 e. The molecule has 0 saturated carbocycles. The zero-order valence-corrected chi connectivity index (χ0v) is 15.6. The first-order valence-corrected chi connectivity index (χ1v) is 8.50. The average molecular weight is 323 g/mol. The molecule has 1 nitrogen and oxygen atoms in total. The lowest BCUT2D eigenvalue weighted by Crippen LogP contribution is -1.84. The number of halogens is 1. The standard InChI is InChI=1S/C20H31ClO/c1-16(2)9-6-10-17(3)11-7-12-18(4)13-8-14-19(5)15-20(21)22/h9,11,13,15H,6-8,10,12,14H2,1-5H3. The van der Waals surface area contributed by atoms with Gasteiger partial charge >= 0.3 is 0 Å². The fourth-order valence-electron chi connectivity index (χ4n) is 2.15. The summed E-state index contributed by atoms with van der Waals surface area (Å²) < 4.78 is 0. The van der Waals surface area contributed by atoms with Gasteiger partial charge in [-0.2, -0.15) is 0 Å². The normalized spacial score (nSPS) is 13.3. The predicted octanol–water partition coefficient (Wildman–Crippen LogP) is 6.90. The summed E-state index contributed by atoms with van der Waals surface area (Å²) in [7, 11) is 0. The molecule has 0 aromatic heterocycles. The summed E-state index contributed by atoms with van der Waals surface area (Å²) in [5.74, 6) is 0. The molecule has 0 saturated heterocycles. The molecule has 124 valence electrons. The second-order valence-electron chi connectivity index (χ2n) is 6.29. The minimum atomic E-state index is -0.382. The average Bonchev–Trinajstić information content (AvgIpc) is 2.37. The predicted molar refractivity (Wildman–Crippen MR) is 99.3 cm³/mol. The van der Waals surface area contributed by atoms with Gasteiger partial charge in [-0.1, -0.05) is 40.5 Å². The van der Waals surface area contributed by atoms with Crippen LogP contribution in [0.2, 0.25) is 0 Å². The molecular weight excluding hydrogens is 292 g/mol. The van der Waals surface area contributed by atoms with Crippen LogP contribution in [0, 0.1) is 0 Å². The quantitative estimate of drug-likeness (QED) is 0.243. The maximum atomic E-state index is 10.7. The summed E-state index contributed by atoms with van der Waals surface area (Å²) in [4.78, 5) is 10.7. The van der Waals surface area contributed by atoms with E-state index in [4.69, 9.17) is 11.6 Å². The third-order valence-corrected chi connectivity index (χ3v) is 3.62. The molecule has 0 radical (unpaired) electrons. The first-order valence-electron chi connectivity index (χ1n) is 8.12. The highest BCUT2D eigenvalue weighted by atomic mass is 35.5. The minimum absolute atomic E-state index is 0.382. The largest absolute Gasteiger partial charge is 0.276 e. The van der Waals surface area contributed by atoms with Gasteiger partial charge in [-0.25, -0.2) is 0 Å². The Morgan fingerprint density at radius 3 is 1.55 bits per heavy atom. The van der Waals surface area contributed by atoms with Gasteiger partial charge in [-0.3, -0.25) is 4.79 Å². The van der Waals surface area contributed by atoms with Gasteiger partial charge in [-0.15, -0.1) is 0 Å². The van der Waals surface area contributed by atoms with E-state index in [9.17, 15) is 4.79 Å². The fourth-order valence-corrected chi connectivity index (χ4v) is 2.34. The van der Waals surface area contributed by atoms with Crippen molar-refractivity contribution in [3.8, 4) is 0 Å². The second-order valence-corrected chi connectivity index (χ2v) is 6.67. The van der Waals surface area contributed by atoms with Crippen molar-refractivity contribution in [1.82, 2.24) is 0 Å². The maximum Gasteiger partial charge on any atom is 0.245 e. The molecule has 2 heteroatoms. The topological polar surface area (TPSA) is 17.1 Å². The van der Waals surface area contributed by atoms with Crippen LogP contribution in [0.5, 0.6) is 0 Å². The lowest BCUT2D eigenvalue weighted by Gasteiger charge is -2.02. The van der Waals surface area contributed by atoms with Crippen molar-refractivity contribution in [3.63, 3.8) is 0 Å². The van der Waals surface area contributed by atoms with E-state index in [1.54, 1.807) is 0 Å². The van der Waals surface area contributed by atoms with Crippen LogP contribution in [-0.4, -0.2) is 5.24 Å². The number of rotatable bonds is 10. The molecule has 22 heavy (non-hydrogen) atoms. The van der Waals surface area contributed by atoms with Crippen LogP contribution in [0.25, 0.3) is 0 Å². The number of carbonyl (C=O) groups is 1. The third-order valence-electron chi connectivity index (χ3n) is 3.51. The highest BCUT2D eigenvalue weighted by molar-refractivity contribution is 6.66. The molecule has 0 aliphatic carbocycles. The zero-order valence-electron chi connectivity index (χ0n) is 14.8. The molecular formula is C20H31ClO. The van der Waals surface area contributed by atoms with Gasteiger partial charge in [-0.05, 0) is 90.8 Å². The monoisotopic (exact) mass is 322 g/mol. The van der Waals surface area contributed by atoms with E-state index in [-0.39, 0.29) is 5.24 Å². The van der Waals surface area contributed by atoms with Crippen molar-refractivity contribution >= 4 is 16.8 Å². The molecule has 0 aromatic carbocycles. The second kappa shape index (κ2) is 12.5. The van der Waals surface area contributed by atoms with Crippen LogP contribution >= 0.6 is 11.6 Å². The first-order chi connectivity index (χ1) is 10.3.